The number of nitrogens with zero attached hydrogens (tertiary/aromatic N) is 3. The molecule has 1 aliphatic carbocycles. The Balaban J connectivity index is 1.58. The second-order valence-electron chi connectivity index (χ2n) is 10.8. The molecule has 0 radical (unpaired) electrons. The lowest BCUT2D eigenvalue weighted by atomic mass is 9.65. The maximum Gasteiger partial charge on any atom is 0.223 e. The molecule has 3 fully saturated rings. The van der Waals surface area contributed by atoms with Crippen molar-refractivity contribution in [3.8, 4) is 5.75 Å². The fraction of sp³-hybridized carbons (Fsp3) is 0.783. The van der Waals surface area contributed by atoms with Crippen LogP contribution < -0.4 is 5.43 Å². The van der Waals surface area contributed by atoms with Crippen LogP contribution in [0.4, 0.5) is 0 Å². The molecule has 1 aromatic heterocycles. The minimum atomic E-state index is -0.228. The van der Waals surface area contributed by atoms with E-state index >= 15 is 0 Å². The zero-order valence-electron chi connectivity index (χ0n) is 18.1. The summed E-state index contributed by atoms with van der Waals surface area (Å²) in [5.41, 5.74) is 2.30. The van der Waals surface area contributed by atoms with Gasteiger partial charge in [-0.1, -0.05) is 27.2 Å². The summed E-state index contributed by atoms with van der Waals surface area (Å²) in [5.74, 6) is -0.0595. The molecule has 2 unspecified atom stereocenters. The van der Waals surface area contributed by atoms with Gasteiger partial charge in [-0.25, -0.2) is 0 Å². The van der Waals surface area contributed by atoms with Crippen molar-refractivity contribution in [2.75, 3.05) is 19.6 Å². The van der Waals surface area contributed by atoms with Crippen molar-refractivity contribution < 1.29 is 5.11 Å². The second kappa shape index (κ2) is 7.17. The van der Waals surface area contributed by atoms with Crippen molar-refractivity contribution >= 4 is 0 Å². The van der Waals surface area contributed by atoms with Crippen molar-refractivity contribution in [3.63, 3.8) is 0 Å². The first-order valence-electron chi connectivity index (χ1n) is 11.0. The van der Waals surface area contributed by atoms with Gasteiger partial charge in [-0.15, -0.1) is 0 Å². The summed E-state index contributed by atoms with van der Waals surface area (Å²) in [6, 6.07) is 2.19. The van der Waals surface area contributed by atoms with Gasteiger partial charge in [0.15, 0.2) is 5.75 Å². The smallest absolute Gasteiger partial charge is 0.223 e. The van der Waals surface area contributed by atoms with Crippen LogP contribution in [0.2, 0.25) is 0 Å². The molecule has 3 heterocycles. The van der Waals surface area contributed by atoms with Gasteiger partial charge in [0.05, 0.1) is 5.69 Å². The summed E-state index contributed by atoms with van der Waals surface area (Å²) in [6.45, 7) is 11.9. The van der Waals surface area contributed by atoms with E-state index in [-0.39, 0.29) is 11.2 Å². The third kappa shape index (κ3) is 3.88. The third-order valence-corrected chi connectivity index (χ3v) is 7.35. The Hall–Kier alpha value is -1.33. The van der Waals surface area contributed by atoms with E-state index in [1.165, 1.54) is 38.5 Å². The average molecular weight is 388 g/mol. The molecule has 1 saturated carbocycles. The van der Waals surface area contributed by atoms with Crippen molar-refractivity contribution in [2.45, 2.75) is 78.4 Å². The Morgan fingerprint density at radius 3 is 2.54 bits per heavy atom. The summed E-state index contributed by atoms with van der Waals surface area (Å²) >= 11 is 0. The van der Waals surface area contributed by atoms with Crippen molar-refractivity contribution in [1.29, 1.82) is 0 Å². The Morgan fingerprint density at radius 1 is 1.11 bits per heavy atom. The Bertz CT molecular complexity index is 794. The maximum absolute atomic E-state index is 12.5. The molecule has 2 atom stereocenters. The normalized spacial score (nSPS) is 30.6. The van der Waals surface area contributed by atoms with E-state index in [9.17, 15) is 9.90 Å². The summed E-state index contributed by atoms with van der Waals surface area (Å²) in [7, 11) is 2.02. The van der Waals surface area contributed by atoms with Crippen LogP contribution in [-0.4, -0.2) is 45.1 Å². The van der Waals surface area contributed by atoms with Crippen LogP contribution in [0.3, 0.4) is 0 Å². The van der Waals surface area contributed by atoms with Gasteiger partial charge >= 0.3 is 0 Å². The monoisotopic (exact) mass is 387 g/mol. The third-order valence-electron chi connectivity index (χ3n) is 7.35. The Morgan fingerprint density at radius 2 is 1.82 bits per heavy atom. The summed E-state index contributed by atoms with van der Waals surface area (Å²) in [4.78, 5) is 17.5. The molecular formula is C23H37N3O2. The molecular weight excluding hydrogens is 350 g/mol. The molecule has 0 spiro atoms. The first kappa shape index (κ1) is 20.0. The lowest BCUT2D eigenvalue weighted by Crippen LogP contribution is -2.35. The molecule has 2 bridgehead atoms. The van der Waals surface area contributed by atoms with E-state index in [4.69, 9.17) is 0 Å². The molecule has 1 N–H and O–H groups in total. The molecule has 5 heteroatoms. The quantitative estimate of drug-likeness (QED) is 0.859. The van der Waals surface area contributed by atoms with Gasteiger partial charge in [-0.3, -0.25) is 14.6 Å². The number of piperidine rings is 1. The summed E-state index contributed by atoms with van der Waals surface area (Å²) < 4.78 is 2.08. The van der Waals surface area contributed by atoms with Gasteiger partial charge in [0.2, 0.25) is 5.43 Å². The van der Waals surface area contributed by atoms with E-state index in [0.717, 1.165) is 37.6 Å². The van der Waals surface area contributed by atoms with E-state index in [0.29, 0.717) is 23.4 Å². The van der Waals surface area contributed by atoms with Gasteiger partial charge in [0.25, 0.3) is 0 Å². The van der Waals surface area contributed by atoms with Crippen LogP contribution >= 0.6 is 0 Å². The number of hydrogen-bond acceptors (Lipinski definition) is 4. The van der Waals surface area contributed by atoms with Crippen LogP contribution in [0.25, 0.3) is 0 Å². The van der Waals surface area contributed by atoms with Crippen LogP contribution in [0.1, 0.15) is 70.7 Å². The molecule has 2 saturated heterocycles. The fourth-order valence-electron chi connectivity index (χ4n) is 6.42. The summed E-state index contributed by atoms with van der Waals surface area (Å²) in [6.07, 6.45) is 7.48. The average Bonchev–Trinajstić information content (AvgIpc) is 2.85. The Kier molecular flexibility index (Phi) is 5.11. The van der Waals surface area contributed by atoms with Gasteiger partial charge in [0.1, 0.15) is 0 Å². The molecule has 156 valence electrons. The fourth-order valence-corrected chi connectivity index (χ4v) is 6.42. The number of aromatic hydroxyl groups is 1. The van der Waals surface area contributed by atoms with E-state index in [2.05, 4.69) is 35.1 Å². The minimum Gasteiger partial charge on any atom is -0.503 e. The number of hydrogen-bond donors (Lipinski definition) is 1. The molecule has 0 amide bonds. The van der Waals surface area contributed by atoms with Crippen LogP contribution in [-0.2, 0) is 20.1 Å². The van der Waals surface area contributed by atoms with Gasteiger partial charge in [-0.2, -0.15) is 0 Å². The SMILES string of the molecule is Cn1c(CN2CCCCC2)cc(=O)c(O)c1CN1CC2(C)CC1CC(C)(C)C2. The van der Waals surface area contributed by atoms with E-state index < -0.39 is 0 Å². The lowest BCUT2D eigenvalue weighted by Gasteiger charge is -2.40. The number of aromatic nitrogens is 1. The largest absolute Gasteiger partial charge is 0.503 e. The minimum absolute atomic E-state index is 0.0595. The molecule has 1 aromatic rings. The first-order chi connectivity index (χ1) is 13.2. The Labute approximate surface area is 169 Å². The number of likely N-dealkylation sites (tertiary alicyclic amines) is 2. The van der Waals surface area contributed by atoms with Gasteiger partial charge in [0, 0.05) is 44.5 Å². The highest BCUT2D eigenvalue weighted by atomic mass is 16.3. The highest BCUT2D eigenvalue weighted by Crippen LogP contribution is 2.52. The number of rotatable bonds is 4. The molecule has 5 nitrogen and oxygen atoms in total. The number of pyridine rings is 1. The van der Waals surface area contributed by atoms with E-state index in [1.807, 2.05) is 7.05 Å². The first-order valence-corrected chi connectivity index (χ1v) is 11.0. The van der Waals surface area contributed by atoms with Crippen LogP contribution in [0, 0.1) is 10.8 Å². The standard InChI is InChI=1S/C23H37N3O2/c1-22(2)11-18-12-23(3,15-22)16-26(18)14-19-21(28)20(27)10-17(24(19)4)13-25-8-6-5-7-9-25/h10,18,28H,5-9,11-16H2,1-4H3. The molecule has 2 aliphatic heterocycles. The van der Waals surface area contributed by atoms with Crippen molar-refractivity contribution in [3.05, 3.63) is 27.7 Å². The highest BCUT2D eigenvalue weighted by molar-refractivity contribution is 5.30. The zero-order chi connectivity index (χ0) is 20.1. The van der Waals surface area contributed by atoms with E-state index in [1.54, 1.807) is 6.07 Å². The van der Waals surface area contributed by atoms with Crippen LogP contribution in [0.15, 0.2) is 10.9 Å². The molecule has 28 heavy (non-hydrogen) atoms. The van der Waals surface area contributed by atoms with Crippen molar-refractivity contribution in [2.24, 2.45) is 17.9 Å². The summed E-state index contributed by atoms with van der Waals surface area (Å²) in [5, 5.41) is 10.6. The topological polar surface area (TPSA) is 48.7 Å². The predicted molar refractivity (Wildman–Crippen MR) is 112 cm³/mol. The maximum atomic E-state index is 12.5. The zero-order valence-corrected chi connectivity index (χ0v) is 18.1. The van der Waals surface area contributed by atoms with Gasteiger partial charge in [-0.05, 0) is 56.0 Å². The second-order valence-corrected chi connectivity index (χ2v) is 10.8. The molecule has 0 aromatic carbocycles. The van der Waals surface area contributed by atoms with Crippen LogP contribution in [0.5, 0.6) is 5.75 Å². The van der Waals surface area contributed by atoms with Crippen molar-refractivity contribution in [1.82, 2.24) is 14.4 Å². The highest BCUT2D eigenvalue weighted by Gasteiger charge is 2.49. The lowest BCUT2D eigenvalue weighted by molar-refractivity contribution is 0.126. The molecule has 4 rings (SSSR count). The molecule has 3 aliphatic rings. The van der Waals surface area contributed by atoms with Gasteiger partial charge < -0.3 is 9.67 Å². The number of fused-ring (bicyclic) bond motifs is 2. The predicted octanol–water partition coefficient (Wildman–Crippen LogP) is 3.48.